The van der Waals surface area contributed by atoms with E-state index in [1.807, 2.05) is 0 Å². The van der Waals surface area contributed by atoms with Crippen LogP contribution >= 0.6 is 11.6 Å². The van der Waals surface area contributed by atoms with Crippen LogP contribution in [0.1, 0.15) is 22.1 Å². The SMILES string of the molecule is Cc1nc(CCNc2cccc(Cl)c2C(=O)O)no1. The molecule has 2 rings (SSSR count). The van der Waals surface area contributed by atoms with E-state index in [4.69, 9.17) is 21.2 Å². The topological polar surface area (TPSA) is 88.2 Å². The number of anilines is 1. The van der Waals surface area contributed by atoms with E-state index < -0.39 is 5.97 Å². The normalized spacial score (nSPS) is 10.4. The van der Waals surface area contributed by atoms with Gasteiger partial charge in [0.1, 0.15) is 5.56 Å². The zero-order valence-corrected chi connectivity index (χ0v) is 10.9. The molecule has 7 heteroatoms. The Morgan fingerprint density at radius 1 is 1.53 bits per heavy atom. The van der Waals surface area contributed by atoms with E-state index in [0.717, 1.165) is 0 Å². The van der Waals surface area contributed by atoms with Gasteiger partial charge in [0.15, 0.2) is 5.82 Å². The third-order valence-corrected chi connectivity index (χ3v) is 2.78. The first-order chi connectivity index (χ1) is 9.08. The number of hydrogen-bond donors (Lipinski definition) is 2. The van der Waals surface area contributed by atoms with E-state index in [1.54, 1.807) is 25.1 Å². The first-order valence-electron chi connectivity index (χ1n) is 5.63. The first kappa shape index (κ1) is 13.4. The van der Waals surface area contributed by atoms with Gasteiger partial charge in [-0.3, -0.25) is 0 Å². The molecule has 100 valence electrons. The van der Waals surface area contributed by atoms with Gasteiger partial charge in [0.2, 0.25) is 5.89 Å². The van der Waals surface area contributed by atoms with Crippen LogP contribution < -0.4 is 5.32 Å². The molecule has 0 bridgehead atoms. The molecule has 0 radical (unpaired) electrons. The fourth-order valence-electron chi connectivity index (χ4n) is 1.64. The second-order valence-electron chi connectivity index (χ2n) is 3.87. The summed E-state index contributed by atoms with van der Waals surface area (Å²) < 4.78 is 4.84. The summed E-state index contributed by atoms with van der Waals surface area (Å²) in [6.45, 7) is 2.20. The van der Waals surface area contributed by atoms with Gasteiger partial charge in [-0.15, -0.1) is 0 Å². The number of hydrogen-bond acceptors (Lipinski definition) is 5. The van der Waals surface area contributed by atoms with Crippen LogP contribution in [0.4, 0.5) is 5.69 Å². The molecule has 2 aromatic rings. The van der Waals surface area contributed by atoms with Crippen LogP contribution in [-0.2, 0) is 6.42 Å². The Hall–Kier alpha value is -2.08. The number of nitrogens with zero attached hydrogens (tertiary/aromatic N) is 2. The average Bonchev–Trinajstić information content (AvgIpc) is 2.74. The number of rotatable bonds is 5. The fraction of sp³-hybridized carbons (Fsp3) is 0.250. The van der Waals surface area contributed by atoms with Crippen molar-refractivity contribution in [3.63, 3.8) is 0 Å². The maximum Gasteiger partial charge on any atom is 0.339 e. The van der Waals surface area contributed by atoms with E-state index in [-0.39, 0.29) is 10.6 Å². The van der Waals surface area contributed by atoms with Crippen molar-refractivity contribution in [2.75, 3.05) is 11.9 Å². The molecular weight excluding hydrogens is 270 g/mol. The molecule has 0 fully saturated rings. The second-order valence-corrected chi connectivity index (χ2v) is 4.28. The third kappa shape index (κ3) is 3.23. The number of carboxylic acids is 1. The molecule has 2 N–H and O–H groups in total. The summed E-state index contributed by atoms with van der Waals surface area (Å²) in [7, 11) is 0. The lowest BCUT2D eigenvalue weighted by molar-refractivity contribution is 0.0698. The average molecular weight is 282 g/mol. The lowest BCUT2D eigenvalue weighted by Crippen LogP contribution is -2.10. The molecule has 1 aromatic heterocycles. The van der Waals surface area contributed by atoms with E-state index >= 15 is 0 Å². The maximum atomic E-state index is 11.1. The Morgan fingerprint density at radius 2 is 2.32 bits per heavy atom. The number of carbonyl (C=O) groups is 1. The lowest BCUT2D eigenvalue weighted by atomic mass is 10.1. The molecule has 0 aliphatic carbocycles. The van der Waals surface area contributed by atoms with Gasteiger partial charge < -0.3 is 14.9 Å². The molecule has 0 saturated heterocycles. The molecule has 0 aliphatic rings. The number of benzene rings is 1. The zero-order chi connectivity index (χ0) is 13.8. The number of aromatic carboxylic acids is 1. The monoisotopic (exact) mass is 281 g/mol. The highest BCUT2D eigenvalue weighted by atomic mass is 35.5. The Morgan fingerprint density at radius 3 is 2.95 bits per heavy atom. The van der Waals surface area contributed by atoms with Crippen LogP contribution in [0.2, 0.25) is 5.02 Å². The second kappa shape index (κ2) is 5.71. The predicted molar refractivity (Wildman–Crippen MR) is 69.6 cm³/mol. The molecule has 6 nitrogen and oxygen atoms in total. The molecule has 19 heavy (non-hydrogen) atoms. The number of carboxylic acid groups (broad SMARTS) is 1. The Kier molecular flexibility index (Phi) is 4.01. The Bertz CT molecular complexity index is 598. The van der Waals surface area contributed by atoms with Gasteiger partial charge in [0.05, 0.1) is 10.7 Å². The quantitative estimate of drug-likeness (QED) is 0.875. The van der Waals surface area contributed by atoms with E-state index in [9.17, 15) is 4.79 Å². The molecule has 0 unspecified atom stereocenters. The molecule has 1 aromatic carbocycles. The molecule has 0 aliphatic heterocycles. The van der Waals surface area contributed by atoms with Crippen LogP contribution in [0.3, 0.4) is 0 Å². The lowest BCUT2D eigenvalue weighted by Gasteiger charge is -2.09. The van der Waals surface area contributed by atoms with Crippen LogP contribution in [0.5, 0.6) is 0 Å². The van der Waals surface area contributed by atoms with Crippen molar-refractivity contribution >= 4 is 23.3 Å². The standard InChI is InChI=1S/C12H12ClN3O3/c1-7-15-10(16-19-7)5-6-14-9-4-2-3-8(13)11(9)12(17)18/h2-4,14H,5-6H2,1H3,(H,17,18). The summed E-state index contributed by atoms with van der Waals surface area (Å²) in [6, 6.07) is 4.89. The van der Waals surface area contributed by atoms with Gasteiger partial charge in [0, 0.05) is 19.9 Å². The minimum Gasteiger partial charge on any atom is -0.478 e. The first-order valence-corrected chi connectivity index (χ1v) is 6.00. The minimum atomic E-state index is -1.07. The van der Waals surface area contributed by atoms with Gasteiger partial charge in [-0.2, -0.15) is 4.98 Å². The maximum absolute atomic E-state index is 11.1. The van der Waals surface area contributed by atoms with Crippen LogP contribution in [0.15, 0.2) is 22.7 Å². The van der Waals surface area contributed by atoms with Crippen molar-refractivity contribution in [2.45, 2.75) is 13.3 Å². The third-order valence-electron chi connectivity index (χ3n) is 2.46. The van der Waals surface area contributed by atoms with E-state index in [1.165, 1.54) is 0 Å². The van der Waals surface area contributed by atoms with Crippen molar-refractivity contribution in [1.29, 1.82) is 0 Å². The summed E-state index contributed by atoms with van der Waals surface area (Å²) in [5, 5.41) is 16.1. The van der Waals surface area contributed by atoms with Crippen molar-refractivity contribution in [3.8, 4) is 0 Å². The smallest absolute Gasteiger partial charge is 0.339 e. The molecule has 1 heterocycles. The van der Waals surface area contributed by atoms with Crippen molar-refractivity contribution in [2.24, 2.45) is 0 Å². The van der Waals surface area contributed by atoms with Gasteiger partial charge in [-0.1, -0.05) is 22.8 Å². The Labute approximate surface area is 114 Å². The van der Waals surface area contributed by atoms with Crippen molar-refractivity contribution in [3.05, 3.63) is 40.5 Å². The number of aromatic nitrogens is 2. The highest BCUT2D eigenvalue weighted by Gasteiger charge is 2.14. The van der Waals surface area contributed by atoms with Gasteiger partial charge in [-0.25, -0.2) is 4.79 Å². The van der Waals surface area contributed by atoms with Gasteiger partial charge in [0.25, 0.3) is 0 Å². The fourth-order valence-corrected chi connectivity index (χ4v) is 1.90. The zero-order valence-electron chi connectivity index (χ0n) is 10.2. The molecule has 0 spiro atoms. The summed E-state index contributed by atoms with van der Waals surface area (Å²) in [6.07, 6.45) is 0.531. The van der Waals surface area contributed by atoms with Gasteiger partial charge in [-0.05, 0) is 12.1 Å². The molecule has 0 amide bonds. The van der Waals surface area contributed by atoms with E-state index in [2.05, 4.69) is 15.5 Å². The highest BCUT2D eigenvalue weighted by molar-refractivity contribution is 6.34. The van der Waals surface area contributed by atoms with Crippen molar-refractivity contribution in [1.82, 2.24) is 10.1 Å². The van der Waals surface area contributed by atoms with Crippen molar-refractivity contribution < 1.29 is 14.4 Å². The van der Waals surface area contributed by atoms with E-state index in [0.29, 0.717) is 30.4 Å². The molecule has 0 saturated carbocycles. The largest absolute Gasteiger partial charge is 0.478 e. The molecular formula is C12H12ClN3O3. The van der Waals surface area contributed by atoms with Crippen LogP contribution in [-0.4, -0.2) is 27.8 Å². The number of nitrogens with one attached hydrogen (secondary N) is 1. The number of halogens is 1. The minimum absolute atomic E-state index is 0.0634. The summed E-state index contributed by atoms with van der Waals surface area (Å²) >= 11 is 5.86. The highest BCUT2D eigenvalue weighted by Crippen LogP contribution is 2.24. The Balaban J connectivity index is 2.03. The van der Waals surface area contributed by atoms with Crippen LogP contribution in [0.25, 0.3) is 0 Å². The summed E-state index contributed by atoms with van der Waals surface area (Å²) in [5.74, 6) is 0.0105. The molecule has 0 atom stereocenters. The van der Waals surface area contributed by atoms with Crippen LogP contribution in [0, 0.1) is 6.92 Å². The summed E-state index contributed by atoms with van der Waals surface area (Å²) in [5.41, 5.74) is 0.536. The summed E-state index contributed by atoms with van der Waals surface area (Å²) in [4.78, 5) is 15.2. The van der Waals surface area contributed by atoms with Gasteiger partial charge >= 0.3 is 5.97 Å². The predicted octanol–water partition coefficient (Wildman–Crippen LogP) is 2.38. The number of aryl methyl sites for hydroxylation is 1.